The maximum atomic E-state index is 13.7. The fourth-order valence-electron chi connectivity index (χ4n) is 2.14. The summed E-state index contributed by atoms with van der Waals surface area (Å²) in [6.07, 6.45) is -0.558. The van der Waals surface area contributed by atoms with E-state index in [1.54, 1.807) is 12.1 Å². The summed E-state index contributed by atoms with van der Waals surface area (Å²) in [7, 11) is 0. The second kappa shape index (κ2) is 7.07. The Morgan fingerprint density at radius 3 is 2.95 bits per heavy atom. The third-order valence-electron chi connectivity index (χ3n) is 3.07. The molecule has 0 aromatic heterocycles. The van der Waals surface area contributed by atoms with E-state index in [4.69, 9.17) is 5.11 Å². The number of nitrogens with zero attached hydrogens (tertiary/aromatic N) is 1. The molecule has 1 aromatic carbocycles. The second-order valence-corrected chi connectivity index (χ2v) is 5.19. The summed E-state index contributed by atoms with van der Waals surface area (Å²) >= 11 is 3.20. The van der Waals surface area contributed by atoms with E-state index < -0.39 is 6.09 Å². The summed E-state index contributed by atoms with van der Waals surface area (Å²) in [5, 5.41) is 12.2. The monoisotopic (exact) mass is 352 g/mol. The lowest BCUT2D eigenvalue weighted by Gasteiger charge is -2.34. The molecular formula is C12H15BrClFN2O2. The van der Waals surface area contributed by atoms with Gasteiger partial charge in [0.25, 0.3) is 0 Å². The molecule has 2 rings (SSSR count). The summed E-state index contributed by atoms with van der Waals surface area (Å²) in [5.41, 5.74) is 0.540. The molecule has 19 heavy (non-hydrogen) atoms. The molecule has 2 N–H and O–H groups in total. The summed E-state index contributed by atoms with van der Waals surface area (Å²) in [5.74, 6) is -0.305. The molecule has 0 spiro atoms. The Morgan fingerprint density at radius 2 is 2.32 bits per heavy atom. The van der Waals surface area contributed by atoms with Crippen molar-refractivity contribution in [2.75, 3.05) is 19.6 Å². The minimum atomic E-state index is -0.945. The summed E-state index contributed by atoms with van der Waals surface area (Å²) < 4.78 is 14.4. The van der Waals surface area contributed by atoms with Crippen molar-refractivity contribution in [3.8, 4) is 0 Å². The van der Waals surface area contributed by atoms with E-state index >= 15 is 0 Å². The number of rotatable bonds is 2. The van der Waals surface area contributed by atoms with E-state index in [-0.39, 0.29) is 24.3 Å². The van der Waals surface area contributed by atoms with E-state index in [2.05, 4.69) is 21.2 Å². The number of hydrogen-bond donors (Lipinski definition) is 2. The van der Waals surface area contributed by atoms with E-state index in [0.29, 0.717) is 36.1 Å². The molecule has 0 bridgehead atoms. The highest BCUT2D eigenvalue weighted by molar-refractivity contribution is 9.10. The van der Waals surface area contributed by atoms with Gasteiger partial charge in [-0.3, -0.25) is 0 Å². The average Bonchev–Trinajstić information content (AvgIpc) is 2.33. The van der Waals surface area contributed by atoms with Crippen molar-refractivity contribution in [2.24, 2.45) is 0 Å². The first-order chi connectivity index (χ1) is 8.58. The van der Waals surface area contributed by atoms with Crippen molar-refractivity contribution in [3.63, 3.8) is 0 Å². The van der Waals surface area contributed by atoms with Gasteiger partial charge in [-0.05, 0) is 24.1 Å². The van der Waals surface area contributed by atoms with Gasteiger partial charge in [-0.2, -0.15) is 0 Å². The van der Waals surface area contributed by atoms with Gasteiger partial charge >= 0.3 is 6.09 Å². The standard InChI is InChI=1S/C12H14BrFN2O2.ClH/c13-9-2-1-8(11(14)6-9)5-10-7-15-3-4-16(10)12(17)18;/h1-2,6,10,15H,3-5,7H2,(H,17,18);1H. The van der Waals surface area contributed by atoms with Crippen LogP contribution in [-0.4, -0.2) is 41.8 Å². The van der Waals surface area contributed by atoms with Crippen LogP contribution in [0.25, 0.3) is 0 Å². The second-order valence-electron chi connectivity index (χ2n) is 4.27. The van der Waals surface area contributed by atoms with Crippen LogP contribution in [0.5, 0.6) is 0 Å². The summed E-state index contributed by atoms with van der Waals surface area (Å²) in [4.78, 5) is 12.5. The van der Waals surface area contributed by atoms with Crippen LogP contribution >= 0.6 is 28.3 Å². The Labute approximate surface area is 125 Å². The van der Waals surface area contributed by atoms with E-state index in [1.165, 1.54) is 11.0 Å². The van der Waals surface area contributed by atoms with Gasteiger partial charge in [0, 0.05) is 24.1 Å². The van der Waals surface area contributed by atoms with Gasteiger partial charge in [0.15, 0.2) is 0 Å². The highest BCUT2D eigenvalue weighted by atomic mass is 79.9. The molecule has 7 heteroatoms. The van der Waals surface area contributed by atoms with Crippen LogP contribution in [0.2, 0.25) is 0 Å². The smallest absolute Gasteiger partial charge is 0.407 e. The number of nitrogens with one attached hydrogen (secondary N) is 1. The Balaban J connectivity index is 0.00000180. The third kappa shape index (κ3) is 4.06. The van der Waals surface area contributed by atoms with Crippen molar-refractivity contribution >= 4 is 34.4 Å². The van der Waals surface area contributed by atoms with Gasteiger partial charge in [-0.1, -0.05) is 22.0 Å². The minimum absolute atomic E-state index is 0. The van der Waals surface area contributed by atoms with Crippen LogP contribution < -0.4 is 5.32 Å². The first kappa shape index (κ1) is 16.2. The molecule has 0 saturated carbocycles. The van der Waals surface area contributed by atoms with Gasteiger partial charge in [0.2, 0.25) is 0 Å². The first-order valence-corrected chi connectivity index (χ1v) is 6.51. The molecule has 106 valence electrons. The Bertz CT molecular complexity index is 461. The zero-order valence-corrected chi connectivity index (χ0v) is 12.5. The predicted molar refractivity (Wildman–Crippen MR) is 76.4 cm³/mol. The summed E-state index contributed by atoms with van der Waals surface area (Å²) in [6, 6.07) is 4.64. The Morgan fingerprint density at radius 1 is 1.58 bits per heavy atom. The summed E-state index contributed by atoms with van der Waals surface area (Å²) in [6.45, 7) is 1.64. The van der Waals surface area contributed by atoms with Crippen molar-refractivity contribution < 1.29 is 14.3 Å². The van der Waals surface area contributed by atoms with Crippen LogP contribution in [-0.2, 0) is 6.42 Å². The maximum absolute atomic E-state index is 13.7. The molecule has 0 radical (unpaired) electrons. The van der Waals surface area contributed by atoms with Gasteiger partial charge in [-0.15, -0.1) is 12.4 Å². The number of halogens is 3. The van der Waals surface area contributed by atoms with Gasteiger partial charge in [0.1, 0.15) is 5.82 Å². The van der Waals surface area contributed by atoms with Crippen LogP contribution in [0.3, 0.4) is 0 Å². The zero-order chi connectivity index (χ0) is 13.1. The molecule has 1 fully saturated rings. The lowest BCUT2D eigenvalue weighted by molar-refractivity contribution is 0.112. The van der Waals surface area contributed by atoms with Crippen molar-refractivity contribution in [3.05, 3.63) is 34.1 Å². The van der Waals surface area contributed by atoms with Crippen molar-refractivity contribution in [2.45, 2.75) is 12.5 Å². The van der Waals surface area contributed by atoms with Crippen LogP contribution in [0.15, 0.2) is 22.7 Å². The minimum Gasteiger partial charge on any atom is -0.465 e. The lowest BCUT2D eigenvalue weighted by atomic mass is 10.0. The molecule has 1 aromatic rings. The fourth-order valence-corrected chi connectivity index (χ4v) is 2.47. The molecule has 1 aliphatic rings. The lowest BCUT2D eigenvalue weighted by Crippen LogP contribution is -2.54. The number of carbonyl (C=O) groups is 1. The number of piperazine rings is 1. The maximum Gasteiger partial charge on any atom is 0.407 e. The third-order valence-corrected chi connectivity index (χ3v) is 3.56. The Hall–Kier alpha value is -0.850. The van der Waals surface area contributed by atoms with Gasteiger partial charge in [0.05, 0.1) is 6.04 Å². The molecule has 0 aliphatic carbocycles. The number of hydrogen-bond acceptors (Lipinski definition) is 2. The van der Waals surface area contributed by atoms with E-state index in [9.17, 15) is 9.18 Å². The SMILES string of the molecule is Cl.O=C(O)N1CCNCC1Cc1ccc(Br)cc1F. The van der Waals surface area contributed by atoms with E-state index in [1.807, 2.05) is 0 Å². The quantitative estimate of drug-likeness (QED) is 0.859. The Kier molecular flexibility index (Phi) is 6.03. The molecule has 1 heterocycles. The van der Waals surface area contributed by atoms with Crippen LogP contribution in [0.1, 0.15) is 5.56 Å². The van der Waals surface area contributed by atoms with Crippen LogP contribution in [0, 0.1) is 5.82 Å². The molecule has 1 unspecified atom stereocenters. The van der Waals surface area contributed by atoms with Crippen LogP contribution in [0.4, 0.5) is 9.18 Å². The predicted octanol–water partition coefficient (Wildman–Crippen LogP) is 2.50. The highest BCUT2D eigenvalue weighted by Crippen LogP contribution is 2.18. The zero-order valence-electron chi connectivity index (χ0n) is 10.1. The highest BCUT2D eigenvalue weighted by Gasteiger charge is 2.26. The molecule has 1 amide bonds. The number of carboxylic acid groups (broad SMARTS) is 1. The van der Waals surface area contributed by atoms with Crippen molar-refractivity contribution in [1.29, 1.82) is 0 Å². The molecular weight excluding hydrogens is 338 g/mol. The van der Waals surface area contributed by atoms with E-state index in [0.717, 1.165) is 0 Å². The average molecular weight is 354 g/mol. The molecule has 1 atom stereocenters. The van der Waals surface area contributed by atoms with Gasteiger partial charge < -0.3 is 15.3 Å². The number of benzene rings is 1. The molecule has 1 aliphatic heterocycles. The fraction of sp³-hybridized carbons (Fsp3) is 0.417. The molecule has 4 nitrogen and oxygen atoms in total. The number of amides is 1. The first-order valence-electron chi connectivity index (χ1n) is 5.72. The molecule has 1 saturated heterocycles. The van der Waals surface area contributed by atoms with Crippen molar-refractivity contribution in [1.82, 2.24) is 10.2 Å². The van der Waals surface area contributed by atoms with Gasteiger partial charge in [-0.25, -0.2) is 9.18 Å². The largest absolute Gasteiger partial charge is 0.465 e. The normalized spacial score (nSPS) is 18.8. The topological polar surface area (TPSA) is 52.6 Å².